The van der Waals surface area contributed by atoms with Gasteiger partial charge >= 0.3 is 0 Å². The number of aliphatic hydroxyl groups excluding tert-OH is 1. The van der Waals surface area contributed by atoms with Gasteiger partial charge in [0.1, 0.15) is 0 Å². The van der Waals surface area contributed by atoms with Crippen LogP contribution in [0.15, 0.2) is 30.3 Å². The molecule has 0 bridgehead atoms. The van der Waals surface area contributed by atoms with Gasteiger partial charge < -0.3 is 20.9 Å². The number of ether oxygens (including phenoxy) is 1. The van der Waals surface area contributed by atoms with Crippen molar-refractivity contribution in [2.75, 3.05) is 19.7 Å². The summed E-state index contributed by atoms with van der Waals surface area (Å²) in [5.74, 6) is -0.351. The molecule has 106 valence electrons. The Kier molecular flexibility index (Phi) is 7.10. The highest BCUT2D eigenvalue weighted by Crippen LogP contribution is 2.15. The van der Waals surface area contributed by atoms with Gasteiger partial charge in [0.15, 0.2) is 0 Å². The summed E-state index contributed by atoms with van der Waals surface area (Å²) in [5.41, 5.74) is 6.09. The second-order valence-electron chi connectivity index (χ2n) is 4.46. The van der Waals surface area contributed by atoms with Crippen molar-refractivity contribution in [3.8, 4) is 0 Å². The quantitative estimate of drug-likeness (QED) is 0.571. The van der Waals surface area contributed by atoms with E-state index in [0.717, 1.165) is 5.56 Å². The molecule has 0 fully saturated rings. The Labute approximate surface area is 113 Å². The van der Waals surface area contributed by atoms with Crippen molar-refractivity contribution in [3.05, 3.63) is 35.9 Å². The van der Waals surface area contributed by atoms with Crippen LogP contribution < -0.4 is 11.1 Å². The molecule has 1 aromatic carbocycles. The number of nitrogens with one attached hydrogen (secondary N) is 1. The lowest BCUT2D eigenvalue weighted by atomic mass is 10.1. The van der Waals surface area contributed by atoms with Crippen molar-refractivity contribution >= 4 is 5.91 Å². The van der Waals surface area contributed by atoms with Crippen LogP contribution in [0.5, 0.6) is 0 Å². The molecule has 2 unspecified atom stereocenters. The Hall–Kier alpha value is -1.43. The molecule has 0 aliphatic heterocycles. The van der Waals surface area contributed by atoms with Crippen LogP contribution in [0, 0.1) is 0 Å². The Morgan fingerprint density at radius 1 is 1.42 bits per heavy atom. The van der Waals surface area contributed by atoms with E-state index in [9.17, 15) is 9.90 Å². The smallest absolute Gasteiger partial charge is 0.218 e. The fourth-order valence-corrected chi connectivity index (χ4v) is 1.61. The standard InChI is InChI=1S/C14H22N2O3/c1-11(12-5-3-2-4-6-12)19-10-13(17)9-16-8-7-14(15)18/h2-6,11,13,16-17H,7-10H2,1H3,(H2,15,18). The predicted octanol–water partition coefficient (Wildman–Crippen LogP) is 0.590. The van der Waals surface area contributed by atoms with E-state index in [1.807, 2.05) is 37.3 Å². The molecule has 0 aromatic heterocycles. The van der Waals surface area contributed by atoms with Gasteiger partial charge in [0.25, 0.3) is 0 Å². The summed E-state index contributed by atoms with van der Waals surface area (Å²) in [6.07, 6.45) is -0.380. The molecule has 1 aromatic rings. The first kappa shape index (κ1) is 15.6. The fraction of sp³-hybridized carbons (Fsp3) is 0.500. The van der Waals surface area contributed by atoms with Crippen LogP contribution >= 0.6 is 0 Å². The molecule has 0 spiro atoms. The van der Waals surface area contributed by atoms with Crippen LogP contribution in [-0.2, 0) is 9.53 Å². The van der Waals surface area contributed by atoms with Crippen LogP contribution in [0.4, 0.5) is 0 Å². The van der Waals surface area contributed by atoms with Gasteiger partial charge in [-0.25, -0.2) is 0 Å². The summed E-state index contributed by atoms with van der Waals surface area (Å²) >= 11 is 0. The topological polar surface area (TPSA) is 84.6 Å². The Bertz CT molecular complexity index is 370. The molecule has 0 saturated carbocycles. The van der Waals surface area contributed by atoms with Gasteiger partial charge in [-0.05, 0) is 12.5 Å². The number of nitrogens with two attached hydrogens (primary N) is 1. The van der Waals surface area contributed by atoms with Gasteiger partial charge in [0.2, 0.25) is 5.91 Å². The lowest BCUT2D eigenvalue weighted by molar-refractivity contribution is -0.117. The lowest BCUT2D eigenvalue weighted by Crippen LogP contribution is -2.32. The minimum atomic E-state index is -0.598. The van der Waals surface area contributed by atoms with E-state index in [4.69, 9.17) is 10.5 Å². The number of carbonyl (C=O) groups is 1. The minimum absolute atomic E-state index is 0.0542. The highest BCUT2D eigenvalue weighted by atomic mass is 16.5. The SMILES string of the molecule is CC(OCC(O)CNCCC(N)=O)c1ccccc1. The fourth-order valence-electron chi connectivity index (χ4n) is 1.61. The van der Waals surface area contributed by atoms with Gasteiger partial charge in [-0.1, -0.05) is 30.3 Å². The normalized spacial score (nSPS) is 14.0. The molecule has 0 saturated heterocycles. The molecule has 0 aliphatic rings. The summed E-state index contributed by atoms with van der Waals surface area (Å²) < 4.78 is 5.59. The molecule has 0 heterocycles. The zero-order chi connectivity index (χ0) is 14.1. The molecule has 5 heteroatoms. The van der Waals surface area contributed by atoms with Crippen LogP contribution in [0.3, 0.4) is 0 Å². The number of rotatable bonds is 9. The number of primary amides is 1. The number of carbonyl (C=O) groups excluding carboxylic acids is 1. The third kappa shape index (κ3) is 6.91. The highest BCUT2D eigenvalue weighted by molar-refractivity contribution is 5.73. The number of hydrogen-bond donors (Lipinski definition) is 3. The third-order valence-corrected chi connectivity index (χ3v) is 2.74. The van der Waals surface area contributed by atoms with Crippen molar-refractivity contribution in [1.29, 1.82) is 0 Å². The summed E-state index contributed by atoms with van der Waals surface area (Å²) in [7, 11) is 0. The molecule has 0 aliphatic carbocycles. The van der Waals surface area contributed by atoms with Gasteiger partial charge in [-0.3, -0.25) is 4.79 Å². The van der Waals surface area contributed by atoms with Gasteiger partial charge in [-0.15, -0.1) is 0 Å². The van der Waals surface area contributed by atoms with Crippen LogP contribution in [0.25, 0.3) is 0 Å². The molecule has 5 nitrogen and oxygen atoms in total. The van der Waals surface area contributed by atoms with E-state index in [0.29, 0.717) is 13.1 Å². The minimum Gasteiger partial charge on any atom is -0.389 e. The van der Waals surface area contributed by atoms with Gasteiger partial charge in [-0.2, -0.15) is 0 Å². The zero-order valence-corrected chi connectivity index (χ0v) is 11.2. The van der Waals surface area contributed by atoms with E-state index in [1.165, 1.54) is 0 Å². The Morgan fingerprint density at radius 3 is 2.74 bits per heavy atom. The van der Waals surface area contributed by atoms with E-state index in [2.05, 4.69) is 5.32 Å². The third-order valence-electron chi connectivity index (χ3n) is 2.74. The van der Waals surface area contributed by atoms with Crippen molar-refractivity contribution < 1.29 is 14.6 Å². The molecule has 1 amide bonds. The maximum absolute atomic E-state index is 10.5. The monoisotopic (exact) mass is 266 g/mol. The molecule has 2 atom stereocenters. The molecular weight excluding hydrogens is 244 g/mol. The number of hydrogen-bond acceptors (Lipinski definition) is 4. The largest absolute Gasteiger partial charge is 0.389 e. The van der Waals surface area contributed by atoms with Crippen molar-refractivity contribution in [3.63, 3.8) is 0 Å². The molecule has 19 heavy (non-hydrogen) atoms. The average molecular weight is 266 g/mol. The predicted molar refractivity (Wildman–Crippen MR) is 73.5 cm³/mol. The summed E-state index contributed by atoms with van der Waals surface area (Å²) in [4.78, 5) is 10.5. The van der Waals surface area contributed by atoms with E-state index in [-0.39, 0.29) is 25.0 Å². The number of amides is 1. The van der Waals surface area contributed by atoms with Crippen molar-refractivity contribution in [1.82, 2.24) is 5.32 Å². The van der Waals surface area contributed by atoms with Gasteiger partial charge in [0.05, 0.1) is 18.8 Å². The Balaban J connectivity index is 2.16. The molecule has 1 rings (SSSR count). The second-order valence-corrected chi connectivity index (χ2v) is 4.46. The zero-order valence-electron chi connectivity index (χ0n) is 11.2. The molecular formula is C14H22N2O3. The van der Waals surface area contributed by atoms with E-state index in [1.54, 1.807) is 0 Å². The first-order valence-corrected chi connectivity index (χ1v) is 6.43. The van der Waals surface area contributed by atoms with Crippen molar-refractivity contribution in [2.24, 2.45) is 5.73 Å². The van der Waals surface area contributed by atoms with E-state index < -0.39 is 6.10 Å². The number of aliphatic hydroxyl groups is 1. The first-order valence-electron chi connectivity index (χ1n) is 6.43. The summed E-state index contributed by atoms with van der Waals surface area (Å²) in [6.45, 7) is 3.05. The highest BCUT2D eigenvalue weighted by Gasteiger charge is 2.09. The lowest BCUT2D eigenvalue weighted by Gasteiger charge is -2.17. The first-order chi connectivity index (χ1) is 9.09. The van der Waals surface area contributed by atoms with Crippen LogP contribution in [0.1, 0.15) is 25.0 Å². The molecule has 0 radical (unpaired) electrons. The maximum atomic E-state index is 10.5. The van der Waals surface area contributed by atoms with E-state index >= 15 is 0 Å². The second kappa shape index (κ2) is 8.63. The summed E-state index contributed by atoms with van der Waals surface area (Å²) in [6, 6.07) is 9.84. The van der Waals surface area contributed by atoms with Gasteiger partial charge in [0, 0.05) is 19.5 Å². The van der Waals surface area contributed by atoms with Crippen LogP contribution in [-0.4, -0.2) is 36.8 Å². The van der Waals surface area contributed by atoms with Crippen molar-refractivity contribution in [2.45, 2.75) is 25.6 Å². The van der Waals surface area contributed by atoms with Crippen LogP contribution in [0.2, 0.25) is 0 Å². The maximum Gasteiger partial charge on any atom is 0.218 e. The summed E-state index contributed by atoms with van der Waals surface area (Å²) in [5, 5.41) is 12.7. The Morgan fingerprint density at radius 2 is 2.11 bits per heavy atom. The average Bonchev–Trinajstić information content (AvgIpc) is 2.41. The number of benzene rings is 1. The molecule has 4 N–H and O–H groups in total.